The second-order valence-electron chi connectivity index (χ2n) is 11.8. The maximum atomic E-state index is 6.57. The predicted octanol–water partition coefficient (Wildman–Crippen LogP) is 10.7. The van der Waals surface area contributed by atoms with Crippen molar-refractivity contribution in [1.29, 1.82) is 0 Å². The van der Waals surface area contributed by atoms with Crippen LogP contribution in [0.25, 0.3) is 55.8 Å². The second-order valence-corrected chi connectivity index (χ2v) is 11.8. The number of fused-ring (bicyclic) bond motifs is 3. The first-order valence-corrected chi connectivity index (χ1v) is 15.0. The van der Waals surface area contributed by atoms with Crippen molar-refractivity contribution in [3.05, 3.63) is 157 Å². The van der Waals surface area contributed by atoms with Gasteiger partial charge in [0.25, 0.3) is 0 Å². The number of aromatic nitrogens is 2. The van der Waals surface area contributed by atoms with Gasteiger partial charge in [-0.3, -0.25) is 0 Å². The molecule has 2 heterocycles. The van der Waals surface area contributed by atoms with Gasteiger partial charge in [-0.15, -0.1) is 0 Å². The Kier molecular flexibility index (Phi) is 6.13. The predicted molar refractivity (Wildman–Crippen MR) is 180 cm³/mol. The van der Waals surface area contributed by atoms with Gasteiger partial charge in [0, 0.05) is 38.6 Å². The maximum absolute atomic E-state index is 6.57. The van der Waals surface area contributed by atoms with Crippen LogP contribution in [0.15, 0.2) is 146 Å². The van der Waals surface area contributed by atoms with Gasteiger partial charge in [0.05, 0.1) is 11.2 Å². The van der Waals surface area contributed by atoms with Crippen LogP contribution < -0.4 is 4.74 Å². The summed E-state index contributed by atoms with van der Waals surface area (Å²) in [6.45, 7) is 4.55. The van der Waals surface area contributed by atoms with E-state index in [2.05, 4.69) is 123 Å². The van der Waals surface area contributed by atoms with E-state index in [-0.39, 0.29) is 5.41 Å². The number of hydrogen-bond donors (Lipinski definition) is 0. The van der Waals surface area contributed by atoms with E-state index in [1.54, 1.807) is 0 Å². The van der Waals surface area contributed by atoms with E-state index in [1.807, 2.05) is 36.4 Å². The molecular formula is C41H30N2O. The molecule has 8 rings (SSSR count). The van der Waals surface area contributed by atoms with Gasteiger partial charge in [-0.1, -0.05) is 141 Å². The highest BCUT2D eigenvalue weighted by molar-refractivity contribution is 5.93. The zero-order valence-electron chi connectivity index (χ0n) is 24.7. The monoisotopic (exact) mass is 566 g/mol. The summed E-state index contributed by atoms with van der Waals surface area (Å²) in [5.74, 6) is 2.58. The zero-order chi connectivity index (χ0) is 29.7. The number of rotatable bonds is 4. The van der Waals surface area contributed by atoms with Gasteiger partial charge >= 0.3 is 0 Å². The van der Waals surface area contributed by atoms with Gasteiger partial charge < -0.3 is 4.74 Å². The molecule has 0 radical (unpaired) electrons. The summed E-state index contributed by atoms with van der Waals surface area (Å²) in [6.07, 6.45) is 0. The fraction of sp³-hybridized carbons (Fsp3) is 0.0732. The van der Waals surface area contributed by atoms with Crippen molar-refractivity contribution in [2.45, 2.75) is 19.3 Å². The van der Waals surface area contributed by atoms with E-state index in [9.17, 15) is 0 Å². The van der Waals surface area contributed by atoms with Crippen LogP contribution in [0.1, 0.15) is 25.0 Å². The highest BCUT2D eigenvalue weighted by atomic mass is 16.5. The summed E-state index contributed by atoms with van der Waals surface area (Å²) in [5.41, 5.74) is 10.7. The summed E-state index contributed by atoms with van der Waals surface area (Å²) in [4.78, 5) is 9.97. The number of para-hydroxylation sites is 3. The molecule has 0 saturated heterocycles. The van der Waals surface area contributed by atoms with Crippen molar-refractivity contribution in [3.8, 4) is 56.4 Å². The van der Waals surface area contributed by atoms with Gasteiger partial charge in [-0.2, -0.15) is 0 Å². The fourth-order valence-corrected chi connectivity index (χ4v) is 6.39. The molecule has 7 aromatic rings. The lowest BCUT2D eigenvalue weighted by Gasteiger charge is -2.35. The van der Waals surface area contributed by atoms with E-state index in [1.165, 1.54) is 11.1 Å². The van der Waals surface area contributed by atoms with Gasteiger partial charge in [0.1, 0.15) is 11.5 Å². The van der Waals surface area contributed by atoms with Crippen LogP contribution in [-0.4, -0.2) is 9.97 Å². The summed E-state index contributed by atoms with van der Waals surface area (Å²) < 4.78 is 6.57. The SMILES string of the molecule is CC1(C)c2ccccc2Oc2c(-c3cccc(-c4ccc(-c5nc(-c6ccccc6)c6ccccc6n5)cc4)c3)cccc21. The Morgan fingerprint density at radius 1 is 0.500 bits per heavy atom. The van der Waals surface area contributed by atoms with Crippen molar-refractivity contribution in [2.75, 3.05) is 0 Å². The quantitative estimate of drug-likeness (QED) is 0.213. The first-order valence-electron chi connectivity index (χ1n) is 15.0. The minimum atomic E-state index is -0.154. The molecule has 3 heteroatoms. The molecule has 210 valence electrons. The molecule has 0 aliphatic carbocycles. The van der Waals surface area contributed by atoms with Crippen LogP contribution in [0.4, 0.5) is 0 Å². The lowest BCUT2D eigenvalue weighted by Crippen LogP contribution is -2.24. The van der Waals surface area contributed by atoms with Crippen LogP contribution in [0.5, 0.6) is 11.5 Å². The van der Waals surface area contributed by atoms with Crippen molar-refractivity contribution in [1.82, 2.24) is 9.97 Å². The first-order chi connectivity index (χ1) is 21.6. The van der Waals surface area contributed by atoms with E-state index < -0.39 is 0 Å². The van der Waals surface area contributed by atoms with E-state index >= 15 is 0 Å². The Bertz CT molecular complexity index is 2160. The molecule has 0 unspecified atom stereocenters. The fourth-order valence-electron chi connectivity index (χ4n) is 6.39. The minimum absolute atomic E-state index is 0.154. The molecule has 3 nitrogen and oxygen atoms in total. The third kappa shape index (κ3) is 4.37. The van der Waals surface area contributed by atoms with Crippen molar-refractivity contribution in [2.24, 2.45) is 0 Å². The maximum Gasteiger partial charge on any atom is 0.160 e. The highest BCUT2D eigenvalue weighted by Gasteiger charge is 2.35. The van der Waals surface area contributed by atoms with Crippen molar-refractivity contribution in [3.63, 3.8) is 0 Å². The molecule has 6 aromatic carbocycles. The Hall–Kier alpha value is -5.54. The molecule has 1 aliphatic rings. The molecule has 0 atom stereocenters. The topological polar surface area (TPSA) is 35.0 Å². The summed E-state index contributed by atoms with van der Waals surface area (Å²) in [7, 11) is 0. The number of ether oxygens (including phenoxy) is 1. The van der Waals surface area contributed by atoms with Crippen LogP contribution >= 0.6 is 0 Å². The Morgan fingerprint density at radius 3 is 2.02 bits per heavy atom. The smallest absolute Gasteiger partial charge is 0.160 e. The van der Waals surface area contributed by atoms with Crippen LogP contribution in [0, 0.1) is 0 Å². The summed E-state index contributed by atoms with van der Waals surface area (Å²) in [5, 5.41) is 1.05. The average molecular weight is 567 g/mol. The molecule has 1 aliphatic heterocycles. The third-order valence-electron chi connectivity index (χ3n) is 8.76. The number of benzene rings is 6. The zero-order valence-corrected chi connectivity index (χ0v) is 24.7. The normalized spacial score (nSPS) is 13.1. The van der Waals surface area contributed by atoms with Crippen LogP contribution in [-0.2, 0) is 5.41 Å². The molecule has 0 spiro atoms. The van der Waals surface area contributed by atoms with Crippen molar-refractivity contribution < 1.29 is 4.74 Å². The van der Waals surface area contributed by atoms with Gasteiger partial charge in [0.15, 0.2) is 5.82 Å². The lowest BCUT2D eigenvalue weighted by molar-refractivity contribution is 0.419. The number of hydrogen-bond acceptors (Lipinski definition) is 3. The Morgan fingerprint density at radius 2 is 1.16 bits per heavy atom. The summed E-state index contributed by atoms with van der Waals surface area (Å²) in [6, 6.07) is 50.6. The van der Waals surface area contributed by atoms with Gasteiger partial charge in [0.2, 0.25) is 0 Å². The van der Waals surface area contributed by atoms with Crippen molar-refractivity contribution >= 4 is 10.9 Å². The third-order valence-corrected chi connectivity index (χ3v) is 8.76. The van der Waals surface area contributed by atoms with E-state index in [0.717, 1.165) is 67.3 Å². The standard InChI is InChI=1S/C41H30N2O/c1-41(2)34-18-7-9-21-37(34)44-39-32(17-11-19-35(39)41)31-15-10-14-30(26-31)27-22-24-29(25-23-27)40-42-36-20-8-6-16-33(36)38(43-40)28-12-4-3-5-13-28/h3-26H,1-2H3. The molecule has 0 bridgehead atoms. The van der Waals surface area contributed by atoms with Gasteiger partial charge in [-0.25, -0.2) is 9.97 Å². The highest BCUT2D eigenvalue weighted by Crippen LogP contribution is 2.51. The molecule has 0 N–H and O–H groups in total. The molecule has 44 heavy (non-hydrogen) atoms. The molecule has 1 aromatic heterocycles. The second kappa shape index (κ2) is 10.3. The first kappa shape index (κ1) is 26.1. The van der Waals surface area contributed by atoms with Crippen LogP contribution in [0.2, 0.25) is 0 Å². The molecule has 0 saturated carbocycles. The van der Waals surface area contributed by atoms with Crippen LogP contribution in [0.3, 0.4) is 0 Å². The molecule has 0 amide bonds. The Labute approximate surface area is 257 Å². The average Bonchev–Trinajstić information content (AvgIpc) is 3.08. The number of nitrogens with zero attached hydrogens (tertiary/aromatic N) is 2. The summed E-state index contributed by atoms with van der Waals surface area (Å²) >= 11 is 0. The van der Waals surface area contributed by atoms with E-state index in [4.69, 9.17) is 14.7 Å². The largest absolute Gasteiger partial charge is 0.456 e. The lowest BCUT2D eigenvalue weighted by atomic mass is 9.75. The molecule has 0 fully saturated rings. The molecular weight excluding hydrogens is 536 g/mol. The minimum Gasteiger partial charge on any atom is -0.456 e. The van der Waals surface area contributed by atoms with Gasteiger partial charge in [-0.05, 0) is 34.9 Å². The Balaban J connectivity index is 1.16. The van der Waals surface area contributed by atoms with E-state index in [0.29, 0.717) is 0 Å².